The van der Waals surface area contributed by atoms with Crippen LogP contribution in [-0.4, -0.2) is 42.5 Å². The Morgan fingerprint density at radius 3 is 2.56 bits per heavy atom. The summed E-state index contributed by atoms with van der Waals surface area (Å²) in [6, 6.07) is 6.96. The molecule has 2 aromatic carbocycles. The van der Waals surface area contributed by atoms with Crippen LogP contribution in [0.3, 0.4) is 0 Å². The molecule has 0 aliphatic carbocycles. The van der Waals surface area contributed by atoms with Gasteiger partial charge in [-0.3, -0.25) is 9.52 Å². The van der Waals surface area contributed by atoms with E-state index in [0.29, 0.717) is 30.3 Å². The number of sulfonamides is 1. The van der Waals surface area contributed by atoms with Crippen LogP contribution in [-0.2, 0) is 10.0 Å². The molecule has 1 amide bonds. The number of carbonyl (C=O) groups excluding carboxylic acids is 1. The van der Waals surface area contributed by atoms with Gasteiger partial charge in [0.15, 0.2) is 0 Å². The SMILES string of the molecule is Cc1ccc(-c2noc(C(=O)N3CCCCC3)n2)cc1S(=O)(=O)Nc1ccc(F)cc1F. The third-order valence-electron chi connectivity index (χ3n) is 5.16. The van der Waals surface area contributed by atoms with Crippen LogP contribution < -0.4 is 4.72 Å². The largest absolute Gasteiger partial charge is 0.334 e. The standard InChI is InChI=1S/C21H20F2N4O4S/c1-13-5-6-14(19-24-20(31-25-19)21(28)27-9-3-2-4-10-27)11-18(13)32(29,30)26-17-8-7-15(22)12-16(17)23/h5-8,11-12,26H,2-4,9-10H2,1H3. The van der Waals surface area contributed by atoms with Gasteiger partial charge in [-0.05, 0) is 49.9 Å². The molecule has 1 aliphatic heterocycles. The first-order valence-electron chi connectivity index (χ1n) is 9.96. The molecule has 168 valence electrons. The molecule has 2 heterocycles. The van der Waals surface area contributed by atoms with E-state index in [1.807, 2.05) is 0 Å². The van der Waals surface area contributed by atoms with Gasteiger partial charge in [0.1, 0.15) is 11.6 Å². The zero-order chi connectivity index (χ0) is 22.9. The topological polar surface area (TPSA) is 105 Å². The average molecular weight is 462 g/mol. The summed E-state index contributed by atoms with van der Waals surface area (Å²) in [7, 11) is -4.21. The van der Waals surface area contributed by atoms with E-state index < -0.39 is 21.7 Å². The van der Waals surface area contributed by atoms with Gasteiger partial charge in [-0.25, -0.2) is 17.2 Å². The number of piperidine rings is 1. The van der Waals surface area contributed by atoms with Gasteiger partial charge in [0.05, 0.1) is 10.6 Å². The molecule has 0 saturated carbocycles. The maximum absolute atomic E-state index is 13.9. The molecule has 1 fully saturated rings. The van der Waals surface area contributed by atoms with E-state index in [2.05, 4.69) is 14.9 Å². The Kier molecular flexibility index (Phi) is 5.92. The van der Waals surface area contributed by atoms with Crippen molar-refractivity contribution in [1.29, 1.82) is 0 Å². The number of aromatic nitrogens is 2. The number of likely N-dealkylation sites (tertiary alicyclic amines) is 1. The molecule has 1 N–H and O–H groups in total. The highest BCUT2D eigenvalue weighted by atomic mass is 32.2. The average Bonchev–Trinajstić information content (AvgIpc) is 3.26. The summed E-state index contributed by atoms with van der Waals surface area (Å²) in [5.41, 5.74) is 0.305. The lowest BCUT2D eigenvalue weighted by atomic mass is 10.1. The Bertz CT molecular complexity index is 1270. The van der Waals surface area contributed by atoms with Crippen LogP contribution >= 0.6 is 0 Å². The Balaban J connectivity index is 1.61. The Hall–Kier alpha value is -3.34. The zero-order valence-electron chi connectivity index (χ0n) is 17.1. The van der Waals surface area contributed by atoms with Crippen LogP contribution in [0.4, 0.5) is 14.5 Å². The second kappa shape index (κ2) is 8.65. The summed E-state index contributed by atoms with van der Waals surface area (Å²) < 4.78 is 60.0. The molecule has 11 heteroatoms. The fourth-order valence-electron chi connectivity index (χ4n) is 3.46. The number of hydrogen-bond acceptors (Lipinski definition) is 6. The van der Waals surface area contributed by atoms with Gasteiger partial charge in [-0.1, -0.05) is 17.3 Å². The summed E-state index contributed by atoms with van der Waals surface area (Å²) in [6.45, 7) is 2.81. The molecule has 32 heavy (non-hydrogen) atoms. The molecule has 1 saturated heterocycles. The van der Waals surface area contributed by atoms with Gasteiger partial charge >= 0.3 is 11.8 Å². The number of amides is 1. The first-order chi connectivity index (χ1) is 15.2. The molecule has 1 aromatic heterocycles. The van der Waals surface area contributed by atoms with Crippen molar-refractivity contribution in [2.45, 2.75) is 31.1 Å². The van der Waals surface area contributed by atoms with Gasteiger partial charge in [-0.2, -0.15) is 4.98 Å². The van der Waals surface area contributed by atoms with Crippen molar-refractivity contribution in [3.63, 3.8) is 0 Å². The zero-order valence-corrected chi connectivity index (χ0v) is 18.0. The first-order valence-corrected chi connectivity index (χ1v) is 11.4. The molecular formula is C21H20F2N4O4S. The molecule has 0 radical (unpaired) electrons. The molecule has 0 unspecified atom stereocenters. The van der Waals surface area contributed by atoms with E-state index in [4.69, 9.17) is 4.52 Å². The molecule has 8 nitrogen and oxygen atoms in total. The number of halogens is 2. The molecular weight excluding hydrogens is 442 g/mol. The van der Waals surface area contributed by atoms with Crippen molar-refractivity contribution >= 4 is 21.6 Å². The van der Waals surface area contributed by atoms with E-state index in [1.165, 1.54) is 12.1 Å². The van der Waals surface area contributed by atoms with E-state index in [9.17, 15) is 22.0 Å². The third-order valence-corrected chi connectivity index (χ3v) is 6.67. The molecule has 0 spiro atoms. The van der Waals surface area contributed by atoms with Crippen molar-refractivity contribution in [1.82, 2.24) is 15.0 Å². The van der Waals surface area contributed by atoms with Crippen LogP contribution in [0.15, 0.2) is 45.8 Å². The lowest BCUT2D eigenvalue weighted by Gasteiger charge is -2.24. The maximum atomic E-state index is 13.9. The maximum Gasteiger partial charge on any atom is 0.316 e. The monoisotopic (exact) mass is 462 g/mol. The fraction of sp³-hybridized carbons (Fsp3) is 0.286. The number of rotatable bonds is 5. The number of hydrogen-bond donors (Lipinski definition) is 1. The van der Waals surface area contributed by atoms with Gasteiger partial charge in [-0.15, -0.1) is 0 Å². The van der Waals surface area contributed by atoms with Crippen LogP contribution in [0.2, 0.25) is 0 Å². The predicted octanol–water partition coefficient (Wildman–Crippen LogP) is 3.75. The highest BCUT2D eigenvalue weighted by Crippen LogP contribution is 2.26. The van der Waals surface area contributed by atoms with Gasteiger partial charge in [0.2, 0.25) is 5.82 Å². The lowest BCUT2D eigenvalue weighted by molar-refractivity contribution is 0.0674. The summed E-state index contributed by atoms with van der Waals surface area (Å²) in [5.74, 6) is -2.35. The molecule has 4 rings (SSSR count). The van der Waals surface area contributed by atoms with Crippen LogP contribution in [0.5, 0.6) is 0 Å². The molecule has 0 bridgehead atoms. The van der Waals surface area contributed by atoms with E-state index in [-0.39, 0.29) is 28.2 Å². The van der Waals surface area contributed by atoms with Crippen molar-refractivity contribution in [2.75, 3.05) is 17.8 Å². The Morgan fingerprint density at radius 1 is 1.09 bits per heavy atom. The molecule has 1 aliphatic rings. The summed E-state index contributed by atoms with van der Waals surface area (Å²) >= 11 is 0. The minimum atomic E-state index is -4.21. The summed E-state index contributed by atoms with van der Waals surface area (Å²) in [5, 5.41) is 3.81. The third kappa shape index (κ3) is 4.47. The van der Waals surface area contributed by atoms with E-state index in [0.717, 1.165) is 31.4 Å². The normalized spacial score (nSPS) is 14.4. The predicted molar refractivity (Wildman–Crippen MR) is 111 cm³/mol. The van der Waals surface area contributed by atoms with Crippen molar-refractivity contribution in [3.05, 3.63) is 59.5 Å². The molecule has 3 aromatic rings. The van der Waals surface area contributed by atoms with E-state index >= 15 is 0 Å². The quantitative estimate of drug-likeness (QED) is 0.619. The lowest BCUT2D eigenvalue weighted by Crippen LogP contribution is -2.35. The van der Waals surface area contributed by atoms with Crippen molar-refractivity contribution in [3.8, 4) is 11.4 Å². The first kappa shape index (κ1) is 21.9. The molecule has 0 atom stereocenters. The van der Waals surface area contributed by atoms with Crippen LogP contribution in [0.1, 0.15) is 35.5 Å². The second-order valence-corrected chi connectivity index (χ2v) is 9.14. The number of nitrogens with zero attached hydrogens (tertiary/aromatic N) is 3. The van der Waals surface area contributed by atoms with Gasteiger partial charge in [0, 0.05) is 24.7 Å². The van der Waals surface area contributed by atoms with E-state index in [1.54, 1.807) is 17.9 Å². The highest BCUT2D eigenvalue weighted by molar-refractivity contribution is 7.92. The summed E-state index contributed by atoms with van der Waals surface area (Å²) in [4.78, 5) is 18.2. The highest BCUT2D eigenvalue weighted by Gasteiger charge is 2.25. The Morgan fingerprint density at radius 2 is 1.84 bits per heavy atom. The van der Waals surface area contributed by atoms with Gasteiger partial charge < -0.3 is 9.42 Å². The second-order valence-electron chi connectivity index (χ2n) is 7.49. The number of carbonyl (C=O) groups is 1. The van der Waals surface area contributed by atoms with Crippen LogP contribution in [0, 0.1) is 18.6 Å². The number of nitrogens with one attached hydrogen (secondary N) is 1. The minimum Gasteiger partial charge on any atom is -0.334 e. The van der Waals surface area contributed by atoms with Crippen molar-refractivity contribution in [2.24, 2.45) is 0 Å². The van der Waals surface area contributed by atoms with Crippen LogP contribution in [0.25, 0.3) is 11.4 Å². The fourth-order valence-corrected chi connectivity index (χ4v) is 4.80. The van der Waals surface area contributed by atoms with Gasteiger partial charge in [0.25, 0.3) is 10.0 Å². The number of aryl methyl sites for hydroxylation is 1. The number of benzene rings is 2. The Labute approximate surface area is 183 Å². The number of anilines is 1. The minimum absolute atomic E-state index is 0.0507. The summed E-state index contributed by atoms with van der Waals surface area (Å²) in [6.07, 6.45) is 2.89. The smallest absolute Gasteiger partial charge is 0.316 e. The van der Waals surface area contributed by atoms with Crippen molar-refractivity contribution < 1.29 is 26.5 Å².